The lowest BCUT2D eigenvalue weighted by Gasteiger charge is -2.24. The highest BCUT2D eigenvalue weighted by molar-refractivity contribution is 9.10. The van der Waals surface area contributed by atoms with Crippen molar-refractivity contribution in [1.82, 2.24) is 14.9 Å². The van der Waals surface area contributed by atoms with E-state index in [1.807, 2.05) is 6.07 Å². The molecular weight excluding hydrogens is 316 g/mol. The van der Waals surface area contributed by atoms with E-state index in [1.165, 1.54) is 25.9 Å². The van der Waals surface area contributed by atoms with Crippen molar-refractivity contribution in [2.24, 2.45) is 0 Å². The van der Waals surface area contributed by atoms with Crippen LogP contribution in [0.1, 0.15) is 39.4 Å². The van der Waals surface area contributed by atoms with Gasteiger partial charge in [0, 0.05) is 31.6 Å². The molecule has 0 aromatic carbocycles. The molecule has 0 amide bonds. The van der Waals surface area contributed by atoms with Gasteiger partial charge in [0.1, 0.15) is 16.2 Å². The lowest BCUT2D eigenvalue weighted by atomic mass is 9.96. The standard InChI is InChI=1S/C15H25BrN4/c1-15(2,3)14-17-12(16)11-13(18-14)19(4)9-10-20-7-5-6-8-20/h11H,5-10H2,1-4H3. The van der Waals surface area contributed by atoms with Crippen LogP contribution in [0.3, 0.4) is 0 Å². The fraction of sp³-hybridized carbons (Fsp3) is 0.733. The highest BCUT2D eigenvalue weighted by Gasteiger charge is 2.20. The van der Waals surface area contributed by atoms with E-state index in [0.29, 0.717) is 0 Å². The third-order valence-corrected chi connectivity index (χ3v) is 4.10. The molecule has 0 bridgehead atoms. The molecule has 1 aliphatic rings. The van der Waals surface area contributed by atoms with E-state index in [9.17, 15) is 0 Å². The van der Waals surface area contributed by atoms with Crippen molar-refractivity contribution in [2.45, 2.75) is 39.0 Å². The molecule has 0 unspecified atom stereocenters. The van der Waals surface area contributed by atoms with Gasteiger partial charge in [-0.15, -0.1) is 0 Å². The molecule has 0 saturated carbocycles. The number of anilines is 1. The SMILES string of the molecule is CN(CCN1CCCC1)c1cc(Br)nc(C(C)(C)C)n1. The van der Waals surface area contributed by atoms with Gasteiger partial charge in [0.25, 0.3) is 0 Å². The molecular formula is C15H25BrN4. The maximum Gasteiger partial charge on any atom is 0.137 e. The van der Waals surface area contributed by atoms with Crippen molar-refractivity contribution in [3.8, 4) is 0 Å². The van der Waals surface area contributed by atoms with Gasteiger partial charge in [0.2, 0.25) is 0 Å². The highest BCUT2D eigenvalue weighted by Crippen LogP contribution is 2.23. The molecule has 2 rings (SSSR count). The molecule has 1 aliphatic heterocycles. The Morgan fingerprint density at radius 2 is 1.90 bits per heavy atom. The van der Waals surface area contributed by atoms with Crippen LogP contribution in [0.25, 0.3) is 0 Å². The van der Waals surface area contributed by atoms with Gasteiger partial charge in [-0.2, -0.15) is 0 Å². The minimum absolute atomic E-state index is 0.0334. The van der Waals surface area contributed by atoms with Crippen LogP contribution in [-0.4, -0.2) is 48.1 Å². The Balaban J connectivity index is 2.04. The van der Waals surface area contributed by atoms with Crippen LogP contribution in [0.4, 0.5) is 5.82 Å². The van der Waals surface area contributed by atoms with Gasteiger partial charge in [-0.3, -0.25) is 0 Å². The zero-order valence-electron chi connectivity index (χ0n) is 13.0. The molecule has 5 heteroatoms. The monoisotopic (exact) mass is 340 g/mol. The largest absolute Gasteiger partial charge is 0.358 e. The topological polar surface area (TPSA) is 32.3 Å². The number of likely N-dealkylation sites (tertiary alicyclic amines) is 1. The molecule has 0 spiro atoms. The molecule has 0 aliphatic carbocycles. The summed E-state index contributed by atoms with van der Waals surface area (Å²) >= 11 is 3.50. The number of aromatic nitrogens is 2. The van der Waals surface area contributed by atoms with Crippen LogP contribution < -0.4 is 4.90 Å². The average molecular weight is 341 g/mol. The Morgan fingerprint density at radius 3 is 2.50 bits per heavy atom. The summed E-state index contributed by atoms with van der Waals surface area (Å²) in [4.78, 5) is 14.0. The van der Waals surface area contributed by atoms with Crippen molar-refractivity contribution in [1.29, 1.82) is 0 Å². The molecule has 112 valence electrons. The quantitative estimate of drug-likeness (QED) is 0.788. The minimum Gasteiger partial charge on any atom is -0.358 e. The van der Waals surface area contributed by atoms with E-state index in [-0.39, 0.29) is 5.41 Å². The van der Waals surface area contributed by atoms with Crippen molar-refractivity contribution in [3.63, 3.8) is 0 Å². The highest BCUT2D eigenvalue weighted by atomic mass is 79.9. The van der Waals surface area contributed by atoms with Gasteiger partial charge in [-0.05, 0) is 41.9 Å². The van der Waals surface area contributed by atoms with Crippen LogP contribution in [0.15, 0.2) is 10.7 Å². The first-order valence-electron chi connectivity index (χ1n) is 7.35. The number of hydrogen-bond acceptors (Lipinski definition) is 4. The smallest absolute Gasteiger partial charge is 0.137 e. The van der Waals surface area contributed by atoms with Gasteiger partial charge in [-0.1, -0.05) is 20.8 Å². The van der Waals surface area contributed by atoms with Gasteiger partial charge in [0.05, 0.1) is 0 Å². The predicted octanol–water partition coefficient (Wildman–Crippen LogP) is 3.07. The Hall–Kier alpha value is -0.680. The molecule has 1 aromatic heterocycles. The van der Waals surface area contributed by atoms with Gasteiger partial charge in [-0.25, -0.2) is 9.97 Å². The van der Waals surface area contributed by atoms with Crippen LogP contribution in [0.2, 0.25) is 0 Å². The maximum atomic E-state index is 4.72. The second-order valence-corrected chi connectivity index (χ2v) is 7.41. The third kappa shape index (κ3) is 4.16. The number of nitrogens with zero attached hydrogens (tertiary/aromatic N) is 4. The average Bonchev–Trinajstić information content (AvgIpc) is 2.87. The molecule has 4 nitrogen and oxygen atoms in total. The fourth-order valence-electron chi connectivity index (χ4n) is 2.35. The molecule has 2 heterocycles. The summed E-state index contributed by atoms with van der Waals surface area (Å²) in [5.41, 5.74) is -0.0334. The normalized spacial score (nSPS) is 16.6. The Labute approximate surface area is 130 Å². The van der Waals surface area contributed by atoms with Gasteiger partial charge < -0.3 is 9.80 Å². The van der Waals surface area contributed by atoms with Gasteiger partial charge in [0.15, 0.2) is 0 Å². The Kier molecular flexibility index (Phi) is 5.02. The molecule has 1 aromatic rings. The summed E-state index contributed by atoms with van der Waals surface area (Å²) < 4.78 is 0.862. The van der Waals surface area contributed by atoms with Crippen LogP contribution >= 0.6 is 15.9 Å². The van der Waals surface area contributed by atoms with E-state index in [2.05, 4.69) is 58.5 Å². The number of hydrogen-bond donors (Lipinski definition) is 0. The first-order valence-corrected chi connectivity index (χ1v) is 8.14. The summed E-state index contributed by atoms with van der Waals surface area (Å²) in [6.07, 6.45) is 2.69. The van der Waals surface area contributed by atoms with Crippen LogP contribution in [0.5, 0.6) is 0 Å². The summed E-state index contributed by atoms with van der Waals surface area (Å²) in [7, 11) is 2.11. The van der Waals surface area contributed by atoms with E-state index < -0.39 is 0 Å². The predicted molar refractivity (Wildman–Crippen MR) is 87.4 cm³/mol. The fourth-order valence-corrected chi connectivity index (χ4v) is 2.72. The third-order valence-electron chi connectivity index (χ3n) is 3.69. The van der Waals surface area contributed by atoms with Crippen molar-refractivity contribution >= 4 is 21.7 Å². The molecule has 1 fully saturated rings. The van der Waals surface area contributed by atoms with Crippen molar-refractivity contribution in [2.75, 3.05) is 38.1 Å². The van der Waals surface area contributed by atoms with Crippen molar-refractivity contribution < 1.29 is 0 Å². The second kappa shape index (κ2) is 6.39. The summed E-state index contributed by atoms with van der Waals surface area (Å²) in [6, 6.07) is 2.00. The van der Waals surface area contributed by atoms with Crippen molar-refractivity contribution in [3.05, 3.63) is 16.5 Å². The first kappa shape index (κ1) is 15.7. The second-order valence-electron chi connectivity index (χ2n) is 6.59. The number of likely N-dealkylation sites (N-methyl/N-ethyl adjacent to an activating group) is 1. The molecule has 0 radical (unpaired) electrons. The molecule has 1 saturated heterocycles. The zero-order chi connectivity index (χ0) is 14.8. The van der Waals surface area contributed by atoms with E-state index in [4.69, 9.17) is 4.98 Å². The zero-order valence-corrected chi connectivity index (χ0v) is 14.6. The Morgan fingerprint density at radius 1 is 1.25 bits per heavy atom. The van der Waals surface area contributed by atoms with Crippen LogP contribution in [-0.2, 0) is 5.41 Å². The number of halogens is 1. The van der Waals surface area contributed by atoms with E-state index in [1.54, 1.807) is 0 Å². The number of rotatable bonds is 4. The Bertz CT molecular complexity index is 450. The maximum absolute atomic E-state index is 4.72. The molecule has 0 N–H and O–H groups in total. The van der Waals surface area contributed by atoms with Gasteiger partial charge >= 0.3 is 0 Å². The summed E-state index contributed by atoms with van der Waals surface area (Å²) in [5, 5.41) is 0. The summed E-state index contributed by atoms with van der Waals surface area (Å²) in [6.45, 7) is 11.0. The minimum atomic E-state index is -0.0334. The summed E-state index contributed by atoms with van der Waals surface area (Å²) in [5.74, 6) is 1.88. The van der Waals surface area contributed by atoms with E-state index >= 15 is 0 Å². The molecule has 20 heavy (non-hydrogen) atoms. The first-order chi connectivity index (χ1) is 9.36. The molecule has 0 atom stereocenters. The lowest BCUT2D eigenvalue weighted by molar-refractivity contribution is 0.346. The lowest BCUT2D eigenvalue weighted by Crippen LogP contribution is -2.32. The van der Waals surface area contributed by atoms with Crippen LogP contribution in [0, 0.1) is 0 Å². The van der Waals surface area contributed by atoms with E-state index in [0.717, 1.165) is 29.3 Å².